The molecule has 1 aliphatic rings. The highest BCUT2D eigenvalue weighted by atomic mass is 32.2. The zero-order valence-corrected chi connectivity index (χ0v) is 12.7. The molecule has 3 atom stereocenters. The van der Waals surface area contributed by atoms with Crippen LogP contribution in [0.1, 0.15) is 38.7 Å². The van der Waals surface area contributed by atoms with Crippen molar-refractivity contribution >= 4 is 10.0 Å². The lowest BCUT2D eigenvalue weighted by Crippen LogP contribution is -2.43. The largest absolute Gasteiger partial charge is 0.240 e. The first-order valence-electron chi connectivity index (χ1n) is 6.99. The Labute approximate surface area is 116 Å². The fraction of sp³-hybridized carbons (Fsp3) is 0.600. The van der Waals surface area contributed by atoms with Gasteiger partial charge in [-0.2, -0.15) is 0 Å². The van der Waals surface area contributed by atoms with Crippen molar-refractivity contribution in [2.24, 2.45) is 11.8 Å². The minimum atomic E-state index is -3.38. The Bertz CT molecular complexity index is 522. The first kappa shape index (κ1) is 14.5. The van der Waals surface area contributed by atoms with E-state index < -0.39 is 10.0 Å². The van der Waals surface area contributed by atoms with E-state index in [1.54, 1.807) is 12.1 Å². The Morgan fingerprint density at radius 2 is 1.74 bits per heavy atom. The van der Waals surface area contributed by atoms with Gasteiger partial charge in [0, 0.05) is 6.04 Å². The van der Waals surface area contributed by atoms with Crippen LogP contribution in [0.25, 0.3) is 0 Å². The van der Waals surface area contributed by atoms with Gasteiger partial charge in [-0.1, -0.05) is 44.4 Å². The monoisotopic (exact) mass is 281 g/mol. The van der Waals surface area contributed by atoms with Gasteiger partial charge in [0.1, 0.15) is 0 Å². The van der Waals surface area contributed by atoms with Crippen molar-refractivity contribution in [3.05, 3.63) is 29.8 Å². The summed E-state index contributed by atoms with van der Waals surface area (Å²) in [5.41, 5.74) is 1.07. The van der Waals surface area contributed by atoms with E-state index >= 15 is 0 Å². The highest BCUT2D eigenvalue weighted by molar-refractivity contribution is 7.89. The molecule has 1 aromatic rings. The molecule has 1 N–H and O–H groups in total. The molecule has 0 aromatic heterocycles. The Morgan fingerprint density at radius 1 is 1.11 bits per heavy atom. The van der Waals surface area contributed by atoms with Gasteiger partial charge in [0.2, 0.25) is 10.0 Å². The fourth-order valence-corrected chi connectivity index (χ4v) is 4.09. The van der Waals surface area contributed by atoms with Crippen molar-refractivity contribution in [2.75, 3.05) is 0 Å². The third-order valence-corrected chi connectivity index (χ3v) is 5.85. The lowest BCUT2D eigenvalue weighted by atomic mass is 9.78. The number of benzene rings is 1. The molecule has 1 saturated carbocycles. The van der Waals surface area contributed by atoms with Gasteiger partial charge >= 0.3 is 0 Å². The summed E-state index contributed by atoms with van der Waals surface area (Å²) in [6, 6.07) is 7.08. The maximum Gasteiger partial charge on any atom is 0.240 e. The molecule has 1 aromatic carbocycles. The van der Waals surface area contributed by atoms with E-state index in [9.17, 15) is 8.42 Å². The van der Waals surface area contributed by atoms with Gasteiger partial charge in [-0.15, -0.1) is 0 Å². The molecule has 0 amide bonds. The second kappa shape index (κ2) is 5.63. The van der Waals surface area contributed by atoms with Gasteiger partial charge in [-0.05, 0) is 37.3 Å². The van der Waals surface area contributed by atoms with Crippen LogP contribution in [0.2, 0.25) is 0 Å². The van der Waals surface area contributed by atoms with Gasteiger partial charge in [-0.25, -0.2) is 13.1 Å². The number of hydrogen-bond donors (Lipinski definition) is 1. The molecule has 2 rings (SSSR count). The Morgan fingerprint density at radius 3 is 2.37 bits per heavy atom. The van der Waals surface area contributed by atoms with Gasteiger partial charge in [0.25, 0.3) is 0 Å². The SMILES string of the molecule is Cc1ccc(S(=O)(=O)N[C@H]2CCC[C@H](C)[C@H]2C)cc1. The zero-order valence-electron chi connectivity index (χ0n) is 11.9. The number of aryl methyl sites for hydroxylation is 1. The van der Waals surface area contributed by atoms with Crippen LogP contribution in [0, 0.1) is 18.8 Å². The van der Waals surface area contributed by atoms with Crippen LogP contribution < -0.4 is 4.72 Å². The number of nitrogens with one attached hydrogen (secondary N) is 1. The van der Waals surface area contributed by atoms with E-state index in [2.05, 4.69) is 18.6 Å². The summed E-state index contributed by atoms with van der Waals surface area (Å²) in [4.78, 5) is 0.364. The van der Waals surface area contributed by atoms with Gasteiger partial charge in [0.15, 0.2) is 0 Å². The predicted octanol–water partition coefficient (Wildman–Crippen LogP) is 3.10. The summed E-state index contributed by atoms with van der Waals surface area (Å²) < 4.78 is 27.6. The van der Waals surface area contributed by atoms with Gasteiger partial charge in [0.05, 0.1) is 4.90 Å². The molecular formula is C15H23NO2S. The number of sulfonamides is 1. The number of hydrogen-bond acceptors (Lipinski definition) is 2. The average Bonchev–Trinajstić information content (AvgIpc) is 2.35. The van der Waals surface area contributed by atoms with Crippen LogP contribution in [0.4, 0.5) is 0 Å². The molecule has 0 radical (unpaired) electrons. The first-order chi connectivity index (χ1) is 8.90. The van der Waals surface area contributed by atoms with E-state index in [1.807, 2.05) is 19.1 Å². The predicted molar refractivity (Wildman–Crippen MR) is 77.5 cm³/mol. The summed E-state index contributed by atoms with van der Waals surface area (Å²) >= 11 is 0. The normalized spacial score (nSPS) is 28.3. The maximum atomic E-state index is 12.4. The topological polar surface area (TPSA) is 46.2 Å². The molecule has 1 aliphatic carbocycles. The van der Waals surface area contributed by atoms with Crippen LogP contribution in [-0.2, 0) is 10.0 Å². The van der Waals surface area contributed by atoms with Crippen molar-refractivity contribution in [2.45, 2.75) is 51.0 Å². The van der Waals surface area contributed by atoms with Crippen LogP contribution in [-0.4, -0.2) is 14.5 Å². The Balaban J connectivity index is 2.15. The molecule has 4 heteroatoms. The van der Waals surface area contributed by atoms with Crippen molar-refractivity contribution in [3.8, 4) is 0 Å². The molecule has 19 heavy (non-hydrogen) atoms. The molecule has 0 heterocycles. The number of rotatable bonds is 3. The maximum absolute atomic E-state index is 12.4. The fourth-order valence-electron chi connectivity index (χ4n) is 2.73. The standard InChI is InChI=1S/C15H23NO2S/c1-11-7-9-14(10-8-11)19(17,18)16-15-6-4-5-12(2)13(15)3/h7-10,12-13,15-16H,4-6H2,1-3H3/t12-,13+,15-/m0/s1. The minimum Gasteiger partial charge on any atom is -0.208 e. The van der Waals surface area contributed by atoms with Crippen molar-refractivity contribution in [3.63, 3.8) is 0 Å². The second-order valence-electron chi connectivity index (χ2n) is 5.81. The van der Waals surface area contributed by atoms with Crippen molar-refractivity contribution in [1.82, 2.24) is 4.72 Å². The minimum absolute atomic E-state index is 0.0649. The van der Waals surface area contributed by atoms with Crippen LogP contribution in [0.15, 0.2) is 29.2 Å². The van der Waals surface area contributed by atoms with E-state index in [4.69, 9.17) is 0 Å². The second-order valence-corrected chi connectivity index (χ2v) is 7.52. The van der Waals surface area contributed by atoms with Crippen molar-refractivity contribution < 1.29 is 8.42 Å². The summed E-state index contributed by atoms with van der Waals surface area (Å²) in [7, 11) is -3.38. The smallest absolute Gasteiger partial charge is 0.208 e. The Kier molecular flexibility index (Phi) is 4.31. The molecule has 0 bridgehead atoms. The summed E-state index contributed by atoms with van der Waals surface area (Å²) in [6.45, 7) is 6.30. The van der Waals surface area contributed by atoms with Crippen LogP contribution >= 0.6 is 0 Å². The van der Waals surface area contributed by atoms with Crippen LogP contribution in [0.5, 0.6) is 0 Å². The lowest BCUT2D eigenvalue weighted by Gasteiger charge is -2.34. The van der Waals surface area contributed by atoms with E-state index in [1.165, 1.54) is 6.42 Å². The molecule has 0 spiro atoms. The lowest BCUT2D eigenvalue weighted by molar-refractivity contribution is 0.227. The molecule has 106 valence electrons. The van der Waals surface area contributed by atoms with Gasteiger partial charge < -0.3 is 0 Å². The zero-order chi connectivity index (χ0) is 14.0. The van der Waals surface area contributed by atoms with E-state index in [0.717, 1.165) is 18.4 Å². The molecular weight excluding hydrogens is 258 g/mol. The summed E-state index contributed by atoms with van der Waals surface area (Å²) in [5, 5.41) is 0. The Hall–Kier alpha value is -0.870. The average molecular weight is 281 g/mol. The summed E-state index contributed by atoms with van der Waals surface area (Å²) in [5.74, 6) is 0.980. The summed E-state index contributed by atoms with van der Waals surface area (Å²) in [6.07, 6.45) is 3.24. The van der Waals surface area contributed by atoms with E-state index in [0.29, 0.717) is 16.7 Å². The third kappa shape index (κ3) is 3.37. The molecule has 1 fully saturated rings. The molecule has 0 unspecified atom stereocenters. The first-order valence-corrected chi connectivity index (χ1v) is 8.47. The van der Waals surface area contributed by atoms with Gasteiger partial charge in [-0.3, -0.25) is 0 Å². The molecule has 0 saturated heterocycles. The molecule has 0 aliphatic heterocycles. The highest BCUT2D eigenvalue weighted by Crippen LogP contribution is 2.30. The quantitative estimate of drug-likeness (QED) is 0.925. The third-order valence-electron chi connectivity index (χ3n) is 4.34. The van der Waals surface area contributed by atoms with E-state index in [-0.39, 0.29) is 6.04 Å². The van der Waals surface area contributed by atoms with Crippen LogP contribution in [0.3, 0.4) is 0 Å². The highest BCUT2D eigenvalue weighted by Gasteiger charge is 2.30. The van der Waals surface area contributed by atoms with Crippen molar-refractivity contribution in [1.29, 1.82) is 0 Å². The molecule has 3 nitrogen and oxygen atoms in total.